The summed E-state index contributed by atoms with van der Waals surface area (Å²) in [4.78, 5) is 28.5. The van der Waals surface area contributed by atoms with E-state index in [0.29, 0.717) is 51.4 Å². The van der Waals surface area contributed by atoms with E-state index in [1.54, 1.807) is 6.92 Å². The zero-order valence-corrected chi connectivity index (χ0v) is 38.8. The van der Waals surface area contributed by atoms with Gasteiger partial charge in [0.05, 0.1) is 43.4 Å². The van der Waals surface area contributed by atoms with E-state index < -0.39 is 163 Å². The topological polar surface area (TPSA) is 332 Å². The smallest absolute Gasteiger partial charge is 0.315 e. The normalized spacial score (nSPS) is 52.2. The van der Waals surface area contributed by atoms with Crippen molar-refractivity contribution in [3.05, 3.63) is 22.8 Å². The molecule has 12 N–H and O–H groups in total. The molecule has 3 saturated carbocycles. The number of carbonyl (C=O) groups excluding carboxylic acids is 1. The Hall–Kier alpha value is -2.22. The van der Waals surface area contributed by atoms with Crippen molar-refractivity contribution in [1.29, 1.82) is 0 Å². The lowest BCUT2D eigenvalue weighted by atomic mass is 9.33. The number of aliphatic carboxylic acids is 1. The van der Waals surface area contributed by atoms with E-state index in [1.807, 2.05) is 6.92 Å². The Morgan fingerprint density at radius 2 is 1.34 bits per heavy atom. The van der Waals surface area contributed by atoms with Crippen molar-refractivity contribution in [3.63, 3.8) is 0 Å². The molecule has 5 aliphatic carbocycles. The van der Waals surface area contributed by atoms with Gasteiger partial charge in [0.25, 0.3) is 0 Å². The van der Waals surface area contributed by atoms with Crippen molar-refractivity contribution in [3.8, 4) is 0 Å². The minimum Gasteiger partial charge on any atom is -0.481 e. The average Bonchev–Trinajstić information content (AvgIpc) is 3.29. The van der Waals surface area contributed by atoms with Crippen molar-refractivity contribution >= 4 is 11.9 Å². The molecule has 3 heterocycles. The molecule has 20 heteroatoms. The number of carboxylic acid groups (broad SMARTS) is 1. The van der Waals surface area contributed by atoms with E-state index in [9.17, 15) is 70.9 Å². The van der Waals surface area contributed by atoms with Crippen molar-refractivity contribution in [2.24, 2.45) is 44.8 Å². The monoisotopic (exact) mass is 956 g/mol. The van der Waals surface area contributed by atoms with Gasteiger partial charge in [0, 0.05) is 5.92 Å². The summed E-state index contributed by atoms with van der Waals surface area (Å²) in [5, 5.41) is 127. The van der Waals surface area contributed by atoms with E-state index in [0.717, 1.165) is 16.7 Å². The van der Waals surface area contributed by atoms with Gasteiger partial charge in [-0.3, -0.25) is 9.59 Å². The Kier molecular flexibility index (Phi) is 14.1. The predicted molar refractivity (Wildman–Crippen MR) is 228 cm³/mol. The Labute approximate surface area is 389 Å². The highest BCUT2D eigenvalue weighted by Crippen LogP contribution is 2.76. The number of carbonyl (C=O) groups is 2. The third kappa shape index (κ3) is 7.70. The zero-order chi connectivity index (χ0) is 48.9. The largest absolute Gasteiger partial charge is 0.481 e. The molecular formula is C47H72O20. The number of hydrogen-bond acceptors (Lipinski definition) is 19. The average molecular weight is 957 g/mol. The summed E-state index contributed by atoms with van der Waals surface area (Å²) in [6, 6.07) is 0. The first-order valence-corrected chi connectivity index (χ1v) is 23.8. The molecule has 0 aromatic heterocycles. The molecule has 0 aromatic rings. The molecule has 8 aliphatic rings. The molecule has 67 heavy (non-hydrogen) atoms. The molecule has 8 rings (SSSR count). The fourth-order valence-electron chi connectivity index (χ4n) is 14.6. The number of fused-ring (bicyclic) bond motifs is 7. The third-order valence-electron chi connectivity index (χ3n) is 18.9. The van der Waals surface area contributed by atoms with E-state index in [2.05, 4.69) is 26.8 Å². The summed E-state index contributed by atoms with van der Waals surface area (Å²) in [5.74, 6) is -2.68. The molecule has 0 spiro atoms. The van der Waals surface area contributed by atoms with Crippen LogP contribution in [0.2, 0.25) is 0 Å². The zero-order valence-electron chi connectivity index (χ0n) is 38.8. The van der Waals surface area contributed by atoms with Gasteiger partial charge in [-0.2, -0.15) is 0 Å². The molecule has 6 fully saturated rings. The molecule has 0 radical (unpaired) electrons. The van der Waals surface area contributed by atoms with Crippen molar-refractivity contribution in [1.82, 2.24) is 0 Å². The van der Waals surface area contributed by atoms with E-state index in [1.165, 1.54) is 0 Å². The second-order valence-electron chi connectivity index (χ2n) is 21.7. The van der Waals surface area contributed by atoms with Crippen molar-refractivity contribution in [2.75, 3.05) is 26.4 Å². The molecule has 0 aromatic carbocycles. The van der Waals surface area contributed by atoms with Crippen LogP contribution in [0.1, 0.15) is 92.4 Å². The van der Waals surface area contributed by atoms with Gasteiger partial charge >= 0.3 is 11.9 Å². The van der Waals surface area contributed by atoms with E-state index in [-0.39, 0.29) is 18.9 Å². The molecule has 380 valence electrons. The first-order valence-electron chi connectivity index (χ1n) is 23.8. The van der Waals surface area contributed by atoms with Gasteiger partial charge in [0.1, 0.15) is 67.1 Å². The lowest BCUT2D eigenvalue weighted by Gasteiger charge is -2.70. The lowest BCUT2D eigenvalue weighted by molar-refractivity contribution is -0.356. The number of hydrogen-bond donors (Lipinski definition) is 12. The Morgan fingerprint density at radius 1 is 0.716 bits per heavy atom. The van der Waals surface area contributed by atoms with Crippen LogP contribution in [0.4, 0.5) is 0 Å². The summed E-state index contributed by atoms with van der Waals surface area (Å²) in [7, 11) is 0. The summed E-state index contributed by atoms with van der Waals surface area (Å²) in [6.07, 6.45) is -17.0. The maximum Gasteiger partial charge on any atom is 0.315 e. The summed E-state index contributed by atoms with van der Waals surface area (Å²) in [6.45, 7) is 8.25. The molecule has 0 unspecified atom stereocenters. The number of esters is 1. The summed E-state index contributed by atoms with van der Waals surface area (Å²) < 4.78 is 35.0. The second kappa shape index (κ2) is 18.4. The highest BCUT2D eigenvalue weighted by atomic mass is 16.7. The highest BCUT2D eigenvalue weighted by molar-refractivity contribution is 5.80. The Balaban J connectivity index is 1.05. The number of aliphatic hydroxyl groups is 11. The number of allylic oxidation sites excluding steroid dienone is 3. The van der Waals surface area contributed by atoms with Gasteiger partial charge in [0.2, 0.25) is 6.29 Å². The maximum absolute atomic E-state index is 14.7. The van der Waals surface area contributed by atoms with Crippen molar-refractivity contribution < 1.29 is 99.3 Å². The highest BCUT2D eigenvalue weighted by Gasteiger charge is 2.71. The van der Waals surface area contributed by atoms with Crippen LogP contribution in [-0.2, 0) is 38.0 Å². The fourth-order valence-corrected chi connectivity index (χ4v) is 14.6. The van der Waals surface area contributed by atoms with Crippen molar-refractivity contribution in [2.45, 2.75) is 185 Å². The predicted octanol–water partition coefficient (Wildman–Crippen LogP) is -1.26. The third-order valence-corrected chi connectivity index (χ3v) is 18.9. The van der Waals surface area contributed by atoms with Gasteiger partial charge in [-0.15, -0.1) is 0 Å². The molecule has 3 aliphatic heterocycles. The van der Waals surface area contributed by atoms with Crippen LogP contribution < -0.4 is 0 Å². The molecule has 20 nitrogen and oxygen atoms in total. The van der Waals surface area contributed by atoms with E-state index in [4.69, 9.17) is 28.4 Å². The van der Waals surface area contributed by atoms with Gasteiger partial charge in [0.15, 0.2) is 12.6 Å². The van der Waals surface area contributed by atoms with Crippen LogP contribution in [0.5, 0.6) is 0 Å². The maximum atomic E-state index is 14.7. The fraction of sp³-hybridized carbons (Fsp3) is 0.872. The van der Waals surface area contributed by atoms with Gasteiger partial charge in [-0.25, -0.2) is 0 Å². The lowest BCUT2D eigenvalue weighted by Crippen LogP contribution is -2.67. The van der Waals surface area contributed by atoms with Crippen LogP contribution in [0.3, 0.4) is 0 Å². The molecule has 0 bridgehead atoms. The molecule has 23 atom stereocenters. The summed E-state index contributed by atoms with van der Waals surface area (Å²) in [5.41, 5.74) is -1.38. The summed E-state index contributed by atoms with van der Waals surface area (Å²) >= 11 is 0. The Bertz CT molecular complexity index is 1930. The molecule has 0 amide bonds. The van der Waals surface area contributed by atoms with Crippen LogP contribution in [0.15, 0.2) is 22.8 Å². The second-order valence-corrected chi connectivity index (χ2v) is 21.7. The first-order chi connectivity index (χ1) is 31.5. The SMILES string of the molecule is CC1=C(CO)CC[C@]2(C(=O)O[C@@H]3O[C@H](CO)[C@@H](O)[C@H](O)[C@H]3O)CC[C@]3(C)C(=CC[C@@H]4[C@@]5(C)CC[C@H](O[C@@H]6OC[C@H](O)[C@H](O[C@@H]7O[C@H](CO)[C@@H](O)[C@H](O)[C@H]7O)[C@H]6O)[C@](C)(C(=O)O)[C@@H]5CC[C@]43C)[C@H]12. The number of aliphatic hydroxyl groups excluding tert-OH is 11. The quantitative estimate of drug-likeness (QED) is 0.0691. The van der Waals surface area contributed by atoms with Crippen LogP contribution in [0, 0.1) is 44.8 Å². The number of ether oxygens (including phenoxy) is 6. The van der Waals surface area contributed by atoms with Gasteiger partial charge < -0.3 is 89.7 Å². The first kappa shape index (κ1) is 51.1. The van der Waals surface area contributed by atoms with Crippen LogP contribution in [-0.4, -0.2) is 192 Å². The molecule has 3 saturated heterocycles. The Morgan fingerprint density at radius 3 is 1.96 bits per heavy atom. The van der Waals surface area contributed by atoms with Crippen LogP contribution in [0.25, 0.3) is 0 Å². The minimum atomic E-state index is -1.81. The van der Waals surface area contributed by atoms with Gasteiger partial charge in [-0.1, -0.05) is 38.0 Å². The standard InChI is InChI=1S/C47H72O20/c1-20-21(16-48)8-13-47(42(61)67-40-35(57)33(55)31(53)25(18-50)64-40)15-14-44(3)22(29(20)47)6-7-26-43(2)11-10-28(46(5,41(59)60)27(43)9-12-45(26,44)4)65-38-36(58)37(23(51)19-62-38)66-39-34(56)32(54)30(52)24(17-49)63-39/h6,23-40,48-58H,7-19H2,1-5H3,(H,59,60)/t23-,24+,25+,26+,27+,28-,29-,30+,31+,32-,33-,34+,35+,36+,37-,38-,39-,40-,43+,44+,45+,46+,47-/m0/s1. The van der Waals surface area contributed by atoms with E-state index >= 15 is 0 Å². The van der Waals surface area contributed by atoms with Gasteiger partial charge in [-0.05, 0) is 105 Å². The minimum absolute atomic E-state index is 0.0335. The molecular weight excluding hydrogens is 884 g/mol. The number of carboxylic acids is 1. The number of rotatable bonds is 10. The van der Waals surface area contributed by atoms with Crippen LogP contribution >= 0.6 is 0 Å².